The van der Waals surface area contributed by atoms with Gasteiger partial charge in [-0.1, -0.05) is 23.4 Å². The largest absolute Gasteiger partial charge is 0.493 e. The van der Waals surface area contributed by atoms with E-state index in [1.165, 1.54) is 13.2 Å². The zero-order valence-corrected chi connectivity index (χ0v) is 29.3. The van der Waals surface area contributed by atoms with Crippen molar-refractivity contribution in [2.45, 2.75) is 39.3 Å². The number of anilines is 1. The molecule has 0 spiro atoms. The molecule has 12 nitrogen and oxygen atoms in total. The number of amides is 2. The summed E-state index contributed by atoms with van der Waals surface area (Å²) in [6, 6.07) is 12.4. The molecule has 2 aromatic carbocycles. The van der Waals surface area contributed by atoms with E-state index >= 15 is 4.39 Å². The number of hydrogen-bond donors (Lipinski definition) is 1. The second-order valence-corrected chi connectivity index (χ2v) is 13.2. The van der Waals surface area contributed by atoms with Crippen LogP contribution in [0.4, 0.5) is 14.6 Å². The van der Waals surface area contributed by atoms with Crippen molar-refractivity contribution in [3.63, 3.8) is 0 Å². The minimum absolute atomic E-state index is 0.0450. The summed E-state index contributed by atoms with van der Waals surface area (Å²) in [6.07, 6.45) is 7.18. The number of benzene rings is 2. The monoisotopic (exact) mass is 710 g/mol. The number of methoxy groups -OCH3 is 1. The summed E-state index contributed by atoms with van der Waals surface area (Å²) in [6.45, 7) is 6.74. The van der Waals surface area contributed by atoms with Crippen LogP contribution in [0.3, 0.4) is 0 Å². The highest BCUT2D eigenvalue weighted by Crippen LogP contribution is 2.38. The van der Waals surface area contributed by atoms with Gasteiger partial charge in [-0.05, 0) is 61.2 Å². The molecule has 0 bridgehead atoms. The lowest BCUT2D eigenvalue weighted by molar-refractivity contribution is -0.131. The SMILES string of the molecule is COc1cc(F)cnc1N1CCN(C(=O)c2cc3c(-c4cccc(OC(C)C)c4)cc(C4=CCCN(C(=O)CCn5ccnn5)C4)c(F)c3[nH]2)CC1. The predicted octanol–water partition coefficient (Wildman–Crippen LogP) is 5.56. The van der Waals surface area contributed by atoms with Gasteiger partial charge >= 0.3 is 0 Å². The van der Waals surface area contributed by atoms with Crippen molar-refractivity contribution in [2.75, 3.05) is 51.3 Å². The second-order valence-electron chi connectivity index (χ2n) is 13.2. The van der Waals surface area contributed by atoms with Gasteiger partial charge in [0.15, 0.2) is 17.4 Å². The molecule has 2 aliphatic heterocycles. The molecule has 0 saturated carbocycles. The predicted molar refractivity (Wildman–Crippen MR) is 192 cm³/mol. The van der Waals surface area contributed by atoms with E-state index in [9.17, 15) is 14.0 Å². The summed E-state index contributed by atoms with van der Waals surface area (Å²) in [5.74, 6) is 0.204. The molecule has 3 aromatic heterocycles. The normalized spacial score (nSPS) is 15.0. The third-order valence-electron chi connectivity index (χ3n) is 9.36. The number of pyridine rings is 1. The molecule has 5 aromatic rings. The van der Waals surface area contributed by atoms with Crippen LogP contribution in [0.5, 0.6) is 11.5 Å². The second kappa shape index (κ2) is 14.8. The number of carbonyl (C=O) groups is 2. The molecule has 0 atom stereocenters. The summed E-state index contributed by atoms with van der Waals surface area (Å²) >= 11 is 0. The summed E-state index contributed by atoms with van der Waals surface area (Å²) in [7, 11) is 1.46. The third kappa shape index (κ3) is 7.18. The van der Waals surface area contributed by atoms with E-state index in [4.69, 9.17) is 9.47 Å². The molecule has 0 unspecified atom stereocenters. The average Bonchev–Trinajstić information content (AvgIpc) is 3.85. The number of rotatable bonds is 10. The molecule has 270 valence electrons. The smallest absolute Gasteiger partial charge is 0.270 e. The fourth-order valence-corrected chi connectivity index (χ4v) is 6.82. The highest BCUT2D eigenvalue weighted by Gasteiger charge is 2.28. The Hall–Kier alpha value is -5.79. The minimum Gasteiger partial charge on any atom is -0.493 e. The van der Waals surface area contributed by atoms with E-state index in [0.717, 1.165) is 17.3 Å². The number of nitrogens with one attached hydrogen (secondary N) is 1. The Morgan fingerprint density at radius 3 is 2.58 bits per heavy atom. The van der Waals surface area contributed by atoms with Gasteiger partial charge in [-0.3, -0.25) is 14.3 Å². The first-order valence-corrected chi connectivity index (χ1v) is 17.4. The minimum atomic E-state index is -0.493. The number of H-pyrrole nitrogens is 1. The number of piperazine rings is 1. The zero-order chi connectivity index (χ0) is 36.4. The van der Waals surface area contributed by atoms with Crippen molar-refractivity contribution in [3.8, 4) is 22.6 Å². The summed E-state index contributed by atoms with van der Waals surface area (Å²) < 4.78 is 43.4. The van der Waals surface area contributed by atoms with E-state index in [1.807, 2.05) is 55.2 Å². The van der Waals surface area contributed by atoms with Gasteiger partial charge in [-0.2, -0.15) is 0 Å². The number of aryl methyl sites for hydroxylation is 1. The molecule has 7 rings (SSSR count). The quantitative estimate of drug-likeness (QED) is 0.200. The van der Waals surface area contributed by atoms with Crippen molar-refractivity contribution in [3.05, 3.63) is 90.0 Å². The lowest BCUT2D eigenvalue weighted by Gasteiger charge is -2.35. The van der Waals surface area contributed by atoms with Gasteiger partial charge in [0, 0.05) is 68.9 Å². The van der Waals surface area contributed by atoms with Gasteiger partial charge in [-0.15, -0.1) is 5.10 Å². The first-order chi connectivity index (χ1) is 25.2. The van der Waals surface area contributed by atoms with Crippen LogP contribution in [-0.4, -0.2) is 99.1 Å². The number of carbonyl (C=O) groups excluding carboxylic acids is 2. The van der Waals surface area contributed by atoms with Crippen LogP contribution in [0.1, 0.15) is 42.7 Å². The molecular weight excluding hydrogens is 670 g/mol. The van der Waals surface area contributed by atoms with E-state index in [2.05, 4.69) is 20.3 Å². The highest BCUT2D eigenvalue weighted by atomic mass is 19.1. The van der Waals surface area contributed by atoms with Gasteiger partial charge in [0.25, 0.3) is 5.91 Å². The summed E-state index contributed by atoms with van der Waals surface area (Å²) in [5, 5.41) is 8.30. The molecule has 52 heavy (non-hydrogen) atoms. The Labute approximate surface area is 299 Å². The summed E-state index contributed by atoms with van der Waals surface area (Å²) in [4.78, 5) is 39.9. The van der Waals surface area contributed by atoms with Gasteiger partial charge in [0.05, 0.1) is 37.7 Å². The number of halogens is 2. The molecule has 1 fully saturated rings. The molecule has 1 N–H and O–H groups in total. The van der Waals surface area contributed by atoms with Crippen LogP contribution in [0.15, 0.2) is 67.1 Å². The standard InChI is InChI=1S/C38H40F2N8O4/c1-24(2)52-28-8-4-6-25(18-28)29-20-30(26-7-5-11-47(23-26)34(49)9-12-48-13-10-42-44-48)35(40)36-31(29)21-32(43-36)38(50)46-16-14-45(15-17-46)37-33(51-3)19-27(39)22-41-37/h4,6-8,10,13,18-22,24,43H,5,9,11-12,14-17,23H2,1-3H3. The van der Waals surface area contributed by atoms with Crippen molar-refractivity contribution in [2.24, 2.45) is 0 Å². The van der Waals surface area contributed by atoms with Crippen molar-refractivity contribution in [1.82, 2.24) is 34.8 Å². The molecule has 0 aliphatic carbocycles. The Bertz CT molecular complexity index is 2120. The van der Waals surface area contributed by atoms with E-state index < -0.39 is 11.6 Å². The first-order valence-electron chi connectivity index (χ1n) is 17.4. The molecule has 5 heterocycles. The molecular formula is C38H40F2N8O4. The number of nitrogens with zero attached hydrogens (tertiary/aromatic N) is 7. The lowest BCUT2D eigenvalue weighted by atomic mass is 9.93. The van der Waals surface area contributed by atoms with E-state index in [0.29, 0.717) is 79.5 Å². The van der Waals surface area contributed by atoms with Crippen LogP contribution >= 0.6 is 0 Å². The molecule has 1 saturated heterocycles. The van der Waals surface area contributed by atoms with Gasteiger partial charge < -0.3 is 29.2 Å². The van der Waals surface area contributed by atoms with Crippen molar-refractivity contribution < 1.29 is 27.8 Å². The highest BCUT2D eigenvalue weighted by molar-refractivity contribution is 6.04. The Balaban J connectivity index is 1.19. The number of aromatic nitrogens is 5. The Kier molecular flexibility index (Phi) is 9.88. The Morgan fingerprint density at radius 2 is 1.83 bits per heavy atom. The maximum atomic E-state index is 16.7. The van der Waals surface area contributed by atoms with E-state index in [-0.39, 0.29) is 42.1 Å². The van der Waals surface area contributed by atoms with Crippen molar-refractivity contribution >= 4 is 34.1 Å². The summed E-state index contributed by atoms with van der Waals surface area (Å²) in [5.41, 5.74) is 3.05. The maximum absolute atomic E-state index is 16.7. The van der Waals surface area contributed by atoms with Crippen LogP contribution in [0, 0.1) is 11.6 Å². The van der Waals surface area contributed by atoms with Crippen LogP contribution in [-0.2, 0) is 11.3 Å². The number of hydrogen-bond acceptors (Lipinski definition) is 8. The van der Waals surface area contributed by atoms with Crippen LogP contribution < -0.4 is 14.4 Å². The van der Waals surface area contributed by atoms with Gasteiger partial charge in [0.1, 0.15) is 17.3 Å². The fraction of sp³-hybridized carbons (Fsp3) is 0.342. The molecule has 2 amide bonds. The zero-order valence-electron chi connectivity index (χ0n) is 29.3. The molecule has 2 aliphatic rings. The van der Waals surface area contributed by atoms with E-state index in [1.54, 1.807) is 32.9 Å². The lowest BCUT2D eigenvalue weighted by Crippen LogP contribution is -2.49. The topological polar surface area (TPSA) is 122 Å². The number of fused-ring (bicyclic) bond motifs is 1. The van der Waals surface area contributed by atoms with Gasteiger partial charge in [0.2, 0.25) is 5.91 Å². The number of ether oxygens (including phenoxy) is 2. The molecule has 14 heteroatoms. The van der Waals surface area contributed by atoms with Crippen LogP contribution in [0.2, 0.25) is 0 Å². The number of aromatic amines is 1. The van der Waals surface area contributed by atoms with Crippen LogP contribution in [0.25, 0.3) is 27.6 Å². The molecule has 0 radical (unpaired) electrons. The van der Waals surface area contributed by atoms with Gasteiger partial charge in [-0.25, -0.2) is 13.8 Å². The fourth-order valence-electron chi connectivity index (χ4n) is 6.82. The van der Waals surface area contributed by atoms with Crippen molar-refractivity contribution in [1.29, 1.82) is 0 Å². The third-order valence-corrected chi connectivity index (χ3v) is 9.36. The Morgan fingerprint density at radius 1 is 1.00 bits per heavy atom. The first kappa shape index (κ1) is 34.6. The average molecular weight is 711 g/mol. The maximum Gasteiger partial charge on any atom is 0.270 e.